The Kier molecular flexibility index (Phi) is 6.39. The Morgan fingerprint density at radius 2 is 1.64 bits per heavy atom. The highest BCUT2D eigenvalue weighted by Crippen LogP contribution is 2.64. The number of benzene rings is 3. The number of nitrogens with one attached hydrogen (secondary N) is 1. The number of aromatic hydroxyl groups is 1. The molecule has 0 unspecified atom stereocenters. The Bertz CT molecular complexity index is 1730. The topological polar surface area (TPSA) is 116 Å². The molecule has 224 valence electrons. The van der Waals surface area contributed by atoms with Gasteiger partial charge < -0.3 is 9.84 Å². The second kappa shape index (κ2) is 10.1. The van der Waals surface area contributed by atoms with Crippen molar-refractivity contribution in [2.75, 3.05) is 19.6 Å². The standard InChI is InChI=1S/C35H33N3O6/c1-19-9-12-22(13-10-19)36-38-32(41)26-18-25-23(14-15-24-29(25)33(42)37(2)31(24)40)30(20-11-16-27(39)28(17-20)44-3)35(26,34(38)43)21-7-5-4-6-8-21/h4-14,16-17,24-26,29-30,36,39H,15,18H2,1-3H3/t24-,25+,26-,29-,30-,35+/m0/s1. The van der Waals surface area contributed by atoms with E-state index in [0.717, 1.165) is 16.1 Å². The van der Waals surface area contributed by atoms with Crippen LogP contribution in [0.1, 0.15) is 35.4 Å². The summed E-state index contributed by atoms with van der Waals surface area (Å²) in [6, 6.07) is 21.8. The molecular weight excluding hydrogens is 558 g/mol. The molecule has 0 radical (unpaired) electrons. The molecule has 1 saturated carbocycles. The number of anilines is 1. The Morgan fingerprint density at radius 3 is 2.34 bits per heavy atom. The smallest absolute Gasteiger partial charge is 0.260 e. The van der Waals surface area contributed by atoms with E-state index in [0.29, 0.717) is 23.2 Å². The van der Waals surface area contributed by atoms with Gasteiger partial charge in [-0.15, -0.1) is 0 Å². The van der Waals surface area contributed by atoms with E-state index >= 15 is 4.79 Å². The van der Waals surface area contributed by atoms with Crippen LogP contribution in [-0.2, 0) is 24.6 Å². The van der Waals surface area contributed by atoms with E-state index in [-0.39, 0.29) is 35.6 Å². The zero-order chi connectivity index (χ0) is 30.9. The van der Waals surface area contributed by atoms with Crippen LogP contribution >= 0.6 is 0 Å². The first-order chi connectivity index (χ1) is 21.2. The number of ether oxygens (including phenoxy) is 1. The van der Waals surface area contributed by atoms with Crippen LogP contribution in [0.4, 0.5) is 5.69 Å². The SMILES string of the molecule is COc1cc([C@H]2C3=CC[C@@H]4C(=O)N(C)C(=O)[C@@H]4[C@@H]3C[C@H]3C(=O)N(Nc4ccc(C)cc4)C(=O)[C@@]23c2ccccc2)ccc1O. The first-order valence-electron chi connectivity index (χ1n) is 14.8. The van der Waals surface area contributed by atoms with Crippen LogP contribution in [0.15, 0.2) is 84.4 Å². The van der Waals surface area contributed by atoms with Gasteiger partial charge in [0.05, 0.1) is 36.0 Å². The lowest BCUT2D eigenvalue weighted by Gasteiger charge is -2.50. The molecule has 3 fully saturated rings. The van der Waals surface area contributed by atoms with Gasteiger partial charge in [0.2, 0.25) is 11.8 Å². The summed E-state index contributed by atoms with van der Waals surface area (Å²) in [4.78, 5) is 57.4. The number of hydrogen-bond acceptors (Lipinski definition) is 7. The number of imide groups is 2. The average molecular weight is 592 g/mol. The molecule has 0 bridgehead atoms. The minimum absolute atomic E-state index is 0.0544. The molecule has 2 aliphatic carbocycles. The Balaban J connectivity index is 1.47. The molecule has 6 atom stereocenters. The van der Waals surface area contributed by atoms with Gasteiger partial charge in [-0.05, 0) is 61.1 Å². The number of phenolic OH excluding ortho intramolecular Hbond substituents is 1. The molecule has 0 spiro atoms. The van der Waals surface area contributed by atoms with Crippen molar-refractivity contribution < 1.29 is 29.0 Å². The number of rotatable bonds is 5. The van der Waals surface area contributed by atoms with Crippen molar-refractivity contribution in [3.63, 3.8) is 0 Å². The molecule has 4 aliphatic rings. The lowest BCUT2D eigenvalue weighted by Crippen LogP contribution is -2.53. The van der Waals surface area contributed by atoms with Crippen LogP contribution in [0.5, 0.6) is 11.5 Å². The van der Waals surface area contributed by atoms with Crippen LogP contribution in [0.25, 0.3) is 0 Å². The van der Waals surface area contributed by atoms with Gasteiger partial charge >= 0.3 is 0 Å². The van der Waals surface area contributed by atoms with Crippen molar-refractivity contribution in [3.05, 3.63) is 101 Å². The average Bonchev–Trinajstić information content (AvgIpc) is 3.39. The van der Waals surface area contributed by atoms with Gasteiger partial charge in [0.1, 0.15) is 0 Å². The Labute approximate surface area is 255 Å². The number of fused-ring (bicyclic) bond motifs is 4. The number of carbonyl (C=O) groups excluding carboxylic acids is 4. The summed E-state index contributed by atoms with van der Waals surface area (Å²) in [5.74, 6) is -4.15. The zero-order valence-corrected chi connectivity index (χ0v) is 24.7. The first kappa shape index (κ1) is 27.9. The summed E-state index contributed by atoms with van der Waals surface area (Å²) >= 11 is 0. The number of hydrogen-bond donors (Lipinski definition) is 2. The van der Waals surface area contributed by atoms with Crippen molar-refractivity contribution >= 4 is 29.3 Å². The van der Waals surface area contributed by atoms with E-state index < -0.39 is 40.9 Å². The molecular formula is C35H33N3O6. The maximum atomic E-state index is 15.0. The van der Waals surface area contributed by atoms with Crippen molar-refractivity contribution in [2.24, 2.45) is 23.7 Å². The van der Waals surface area contributed by atoms with Gasteiger partial charge in [0, 0.05) is 13.0 Å². The number of aryl methyl sites for hydroxylation is 1. The second-order valence-corrected chi connectivity index (χ2v) is 12.3. The predicted molar refractivity (Wildman–Crippen MR) is 161 cm³/mol. The number of likely N-dealkylation sites (tertiary alicyclic amines) is 1. The fourth-order valence-electron chi connectivity index (χ4n) is 8.15. The predicted octanol–water partition coefficient (Wildman–Crippen LogP) is 4.32. The van der Waals surface area contributed by atoms with Crippen LogP contribution in [-0.4, -0.2) is 52.8 Å². The van der Waals surface area contributed by atoms with Gasteiger partial charge in [-0.3, -0.25) is 29.5 Å². The number of allylic oxidation sites excluding steroid dienone is 2. The highest BCUT2D eigenvalue weighted by molar-refractivity contribution is 6.13. The fraction of sp³-hybridized carbons (Fsp3) is 0.314. The summed E-state index contributed by atoms with van der Waals surface area (Å²) in [7, 11) is 2.97. The van der Waals surface area contributed by atoms with Crippen molar-refractivity contribution in [1.29, 1.82) is 0 Å². The summed E-state index contributed by atoms with van der Waals surface area (Å²) < 4.78 is 5.49. The molecule has 0 aromatic heterocycles. The number of nitrogens with zero attached hydrogens (tertiary/aromatic N) is 2. The molecule has 3 aromatic carbocycles. The first-order valence-corrected chi connectivity index (χ1v) is 14.8. The third-order valence-electron chi connectivity index (χ3n) is 10.2. The van der Waals surface area contributed by atoms with Gasteiger partial charge in [-0.25, -0.2) is 0 Å². The van der Waals surface area contributed by atoms with Gasteiger partial charge in [0.15, 0.2) is 11.5 Å². The van der Waals surface area contributed by atoms with Crippen LogP contribution < -0.4 is 10.2 Å². The number of carbonyl (C=O) groups is 4. The number of phenols is 1. The van der Waals surface area contributed by atoms with Gasteiger partial charge in [-0.1, -0.05) is 65.7 Å². The van der Waals surface area contributed by atoms with Crippen molar-refractivity contribution in [3.8, 4) is 11.5 Å². The highest BCUT2D eigenvalue weighted by atomic mass is 16.5. The molecule has 2 N–H and O–H groups in total. The monoisotopic (exact) mass is 591 g/mol. The van der Waals surface area contributed by atoms with Crippen molar-refractivity contribution in [1.82, 2.24) is 9.91 Å². The molecule has 2 aliphatic heterocycles. The molecule has 44 heavy (non-hydrogen) atoms. The highest BCUT2D eigenvalue weighted by Gasteiger charge is 2.70. The van der Waals surface area contributed by atoms with E-state index in [1.807, 2.05) is 67.6 Å². The van der Waals surface area contributed by atoms with E-state index in [2.05, 4.69) is 5.43 Å². The van der Waals surface area contributed by atoms with E-state index in [1.165, 1.54) is 25.1 Å². The normalized spacial score (nSPS) is 29.2. The summed E-state index contributed by atoms with van der Waals surface area (Å²) in [5.41, 5.74) is 5.57. The largest absolute Gasteiger partial charge is 0.504 e. The van der Waals surface area contributed by atoms with E-state index in [9.17, 15) is 19.5 Å². The maximum Gasteiger partial charge on any atom is 0.260 e. The maximum absolute atomic E-state index is 15.0. The minimum Gasteiger partial charge on any atom is -0.504 e. The van der Waals surface area contributed by atoms with E-state index in [4.69, 9.17) is 4.74 Å². The zero-order valence-electron chi connectivity index (χ0n) is 24.7. The number of amides is 4. The summed E-state index contributed by atoms with van der Waals surface area (Å²) in [5, 5.41) is 11.6. The van der Waals surface area contributed by atoms with Gasteiger partial charge in [-0.2, -0.15) is 5.01 Å². The molecule has 2 saturated heterocycles. The third-order valence-corrected chi connectivity index (χ3v) is 10.2. The van der Waals surface area contributed by atoms with E-state index in [1.54, 1.807) is 12.1 Å². The lowest BCUT2D eigenvalue weighted by atomic mass is 9.49. The quantitative estimate of drug-likeness (QED) is 0.335. The third kappa shape index (κ3) is 3.77. The fourth-order valence-corrected chi connectivity index (χ4v) is 8.15. The molecule has 3 aromatic rings. The van der Waals surface area contributed by atoms with Crippen molar-refractivity contribution in [2.45, 2.75) is 31.1 Å². The minimum atomic E-state index is -1.37. The molecule has 7 rings (SSSR count). The Hall–Kier alpha value is -4.92. The molecule has 9 nitrogen and oxygen atoms in total. The molecule has 9 heteroatoms. The number of hydrazine groups is 1. The molecule has 2 heterocycles. The summed E-state index contributed by atoms with van der Waals surface area (Å²) in [6.45, 7) is 1.96. The summed E-state index contributed by atoms with van der Waals surface area (Å²) in [6.07, 6.45) is 2.60. The van der Waals surface area contributed by atoms with Gasteiger partial charge in [0.25, 0.3) is 11.8 Å². The Morgan fingerprint density at radius 1 is 0.909 bits per heavy atom. The van der Waals surface area contributed by atoms with Crippen LogP contribution in [0.3, 0.4) is 0 Å². The van der Waals surface area contributed by atoms with Crippen LogP contribution in [0.2, 0.25) is 0 Å². The van der Waals surface area contributed by atoms with Crippen LogP contribution in [0, 0.1) is 30.6 Å². The number of methoxy groups -OCH3 is 1. The lowest BCUT2D eigenvalue weighted by molar-refractivity contribution is -0.140. The molecule has 4 amide bonds. The second-order valence-electron chi connectivity index (χ2n) is 12.3.